The fourth-order valence-electron chi connectivity index (χ4n) is 7.02. The molecule has 210 valence electrons. The normalized spacial score (nSPS) is 11.6. The molecular weight excluding hydrogens is 542 g/mol. The van der Waals surface area contributed by atoms with Gasteiger partial charge in [-0.3, -0.25) is 0 Å². The van der Waals surface area contributed by atoms with E-state index in [0.29, 0.717) is 0 Å². The van der Waals surface area contributed by atoms with Crippen LogP contribution in [0.1, 0.15) is 0 Å². The van der Waals surface area contributed by atoms with Gasteiger partial charge >= 0.3 is 0 Å². The van der Waals surface area contributed by atoms with E-state index >= 15 is 0 Å². The first-order valence-electron chi connectivity index (χ1n) is 15.5. The Labute approximate surface area is 262 Å². The molecule has 1 nitrogen and oxygen atoms in total. The summed E-state index contributed by atoms with van der Waals surface area (Å²) in [5, 5.41) is 12.6. The highest BCUT2D eigenvalue weighted by atomic mass is 15.1. The van der Waals surface area contributed by atoms with Gasteiger partial charge in [-0.15, -0.1) is 0 Å². The second-order valence-corrected chi connectivity index (χ2v) is 11.8. The van der Waals surface area contributed by atoms with E-state index in [4.69, 9.17) is 0 Å². The zero-order valence-electron chi connectivity index (χ0n) is 24.7. The summed E-state index contributed by atoms with van der Waals surface area (Å²) in [4.78, 5) is 2.44. The van der Waals surface area contributed by atoms with Crippen molar-refractivity contribution in [2.45, 2.75) is 0 Å². The lowest BCUT2D eigenvalue weighted by Crippen LogP contribution is -2.11. The average Bonchev–Trinajstić information content (AvgIpc) is 3.12. The molecule has 0 unspecified atom stereocenters. The molecule has 0 spiro atoms. The minimum absolute atomic E-state index is 1.13. The molecule has 45 heavy (non-hydrogen) atoms. The van der Waals surface area contributed by atoms with Crippen LogP contribution in [0.15, 0.2) is 176 Å². The third kappa shape index (κ3) is 4.24. The molecule has 0 aliphatic heterocycles. The number of anilines is 3. The van der Waals surface area contributed by atoms with E-state index in [1.807, 2.05) is 0 Å². The molecule has 9 aromatic rings. The van der Waals surface area contributed by atoms with Crippen LogP contribution in [0.25, 0.3) is 65.0 Å². The zero-order valence-corrected chi connectivity index (χ0v) is 24.7. The van der Waals surface area contributed by atoms with Crippen molar-refractivity contribution in [1.29, 1.82) is 0 Å². The van der Waals surface area contributed by atoms with Crippen molar-refractivity contribution in [2.75, 3.05) is 4.90 Å². The van der Waals surface area contributed by atoms with Gasteiger partial charge in [-0.25, -0.2) is 0 Å². The molecule has 9 rings (SSSR count). The SMILES string of the molecule is c1ccc2c(N(c3ccc(-c4ccc5ccc6ccccc6c5c4)cc3)c3cc4ccccc4c4ccccc34)cccc2c1. The number of hydrogen-bond acceptors (Lipinski definition) is 1. The quantitative estimate of drug-likeness (QED) is 0.190. The van der Waals surface area contributed by atoms with Gasteiger partial charge in [0.05, 0.1) is 11.4 Å². The maximum atomic E-state index is 2.44. The van der Waals surface area contributed by atoms with Gasteiger partial charge in [0.1, 0.15) is 0 Å². The van der Waals surface area contributed by atoms with Crippen LogP contribution in [0, 0.1) is 0 Å². The largest absolute Gasteiger partial charge is 0.309 e. The lowest BCUT2D eigenvalue weighted by atomic mass is 9.96. The van der Waals surface area contributed by atoms with Gasteiger partial charge in [-0.05, 0) is 84.5 Å². The van der Waals surface area contributed by atoms with E-state index in [9.17, 15) is 0 Å². The van der Waals surface area contributed by atoms with E-state index in [0.717, 1.165) is 5.69 Å². The molecule has 9 aromatic carbocycles. The standard InChI is InChI=1S/C44H29N/c1-4-14-37-32(11-1)20-21-33-22-23-34(28-42(33)37)30-24-26-36(27-25-30)45(43-19-9-13-31-10-2-6-16-39(31)43)44-29-35-12-3-5-15-38(35)40-17-7-8-18-41(40)44/h1-29H. The van der Waals surface area contributed by atoms with Crippen LogP contribution in [0.3, 0.4) is 0 Å². The van der Waals surface area contributed by atoms with E-state index < -0.39 is 0 Å². The van der Waals surface area contributed by atoms with Crippen molar-refractivity contribution in [3.8, 4) is 11.1 Å². The smallest absolute Gasteiger partial charge is 0.0546 e. The number of nitrogens with zero attached hydrogens (tertiary/aromatic N) is 1. The number of rotatable bonds is 4. The van der Waals surface area contributed by atoms with Crippen LogP contribution in [-0.2, 0) is 0 Å². The van der Waals surface area contributed by atoms with Crippen molar-refractivity contribution >= 4 is 70.9 Å². The van der Waals surface area contributed by atoms with Crippen LogP contribution in [0.2, 0.25) is 0 Å². The van der Waals surface area contributed by atoms with Crippen molar-refractivity contribution in [3.63, 3.8) is 0 Å². The summed E-state index contributed by atoms with van der Waals surface area (Å²) in [6, 6.07) is 64.1. The van der Waals surface area contributed by atoms with E-state index in [1.165, 1.54) is 76.4 Å². The van der Waals surface area contributed by atoms with Crippen LogP contribution in [-0.4, -0.2) is 0 Å². The van der Waals surface area contributed by atoms with E-state index in [1.54, 1.807) is 0 Å². The molecule has 0 saturated heterocycles. The summed E-state index contributed by atoms with van der Waals surface area (Å²) < 4.78 is 0. The third-order valence-electron chi connectivity index (χ3n) is 9.20. The predicted molar refractivity (Wildman–Crippen MR) is 194 cm³/mol. The monoisotopic (exact) mass is 571 g/mol. The van der Waals surface area contributed by atoms with Gasteiger partial charge in [0.15, 0.2) is 0 Å². The Morgan fingerprint density at radius 2 is 0.778 bits per heavy atom. The molecule has 0 amide bonds. The molecule has 0 saturated carbocycles. The van der Waals surface area contributed by atoms with Gasteiger partial charge in [0, 0.05) is 16.5 Å². The van der Waals surface area contributed by atoms with Crippen molar-refractivity contribution in [3.05, 3.63) is 176 Å². The van der Waals surface area contributed by atoms with Gasteiger partial charge in [0.25, 0.3) is 0 Å². The number of benzene rings is 9. The first kappa shape index (κ1) is 25.6. The lowest BCUT2D eigenvalue weighted by Gasteiger charge is -2.29. The molecule has 0 aromatic heterocycles. The molecule has 0 atom stereocenters. The highest BCUT2D eigenvalue weighted by Gasteiger charge is 2.19. The Kier molecular flexibility index (Phi) is 5.89. The Morgan fingerprint density at radius 3 is 1.53 bits per heavy atom. The Bertz CT molecular complexity index is 2540. The minimum Gasteiger partial charge on any atom is -0.309 e. The predicted octanol–water partition coefficient (Wildman–Crippen LogP) is 12.6. The van der Waals surface area contributed by atoms with Crippen molar-refractivity contribution in [1.82, 2.24) is 0 Å². The topological polar surface area (TPSA) is 3.24 Å². The Hall–Kier alpha value is -5.92. The molecule has 0 bridgehead atoms. The molecule has 1 heteroatoms. The summed E-state index contributed by atoms with van der Waals surface area (Å²) in [5.74, 6) is 0. The van der Waals surface area contributed by atoms with Crippen LogP contribution in [0.4, 0.5) is 17.1 Å². The fraction of sp³-hybridized carbons (Fsp3) is 0. The highest BCUT2D eigenvalue weighted by molar-refractivity contribution is 6.15. The average molecular weight is 572 g/mol. The number of fused-ring (bicyclic) bond motifs is 7. The molecule has 0 fully saturated rings. The zero-order chi connectivity index (χ0) is 29.7. The molecule has 0 aliphatic rings. The Morgan fingerprint density at radius 1 is 0.267 bits per heavy atom. The van der Waals surface area contributed by atoms with Crippen molar-refractivity contribution < 1.29 is 0 Å². The summed E-state index contributed by atoms with van der Waals surface area (Å²) in [6.07, 6.45) is 0. The molecule has 0 heterocycles. The first-order chi connectivity index (χ1) is 22.3. The molecule has 0 radical (unpaired) electrons. The highest BCUT2D eigenvalue weighted by Crippen LogP contribution is 2.44. The van der Waals surface area contributed by atoms with Gasteiger partial charge < -0.3 is 4.90 Å². The summed E-state index contributed by atoms with van der Waals surface area (Å²) in [7, 11) is 0. The summed E-state index contributed by atoms with van der Waals surface area (Å²) >= 11 is 0. The minimum atomic E-state index is 1.13. The fourth-order valence-corrected chi connectivity index (χ4v) is 7.02. The summed E-state index contributed by atoms with van der Waals surface area (Å²) in [6.45, 7) is 0. The molecule has 0 N–H and O–H groups in total. The van der Waals surface area contributed by atoms with Crippen LogP contribution in [0.5, 0.6) is 0 Å². The van der Waals surface area contributed by atoms with Crippen LogP contribution >= 0.6 is 0 Å². The second-order valence-electron chi connectivity index (χ2n) is 11.8. The number of hydrogen-bond donors (Lipinski definition) is 0. The summed E-state index contributed by atoms with van der Waals surface area (Å²) in [5.41, 5.74) is 5.89. The van der Waals surface area contributed by atoms with E-state index in [2.05, 4.69) is 181 Å². The van der Waals surface area contributed by atoms with Gasteiger partial charge in [-0.2, -0.15) is 0 Å². The lowest BCUT2D eigenvalue weighted by molar-refractivity contribution is 1.32. The van der Waals surface area contributed by atoms with Gasteiger partial charge in [-0.1, -0.05) is 146 Å². The first-order valence-corrected chi connectivity index (χ1v) is 15.5. The van der Waals surface area contributed by atoms with E-state index in [-0.39, 0.29) is 0 Å². The molecular formula is C44H29N. The second kappa shape index (κ2) is 10.4. The maximum Gasteiger partial charge on any atom is 0.0546 e. The maximum absolute atomic E-state index is 2.44. The Balaban J connectivity index is 1.25. The third-order valence-corrected chi connectivity index (χ3v) is 9.20. The van der Waals surface area contributed by atoms with Gasteiger partial charge in [0.2, 0.25) is 0 Å². The van der Waals surface area contributed by atoms with Crippen LogP contribution < -0.4 is 4.90 Å². The van der Waals surface area contributed by atoms with Crippen molar-refractivity contribution in [2.24, 2.45) is 0 Å². The molecule has 0 aliphatic carbocycles.